The van der Waals surface area contributed by atoms with E-state index in [0.29, 0.717) is 32.6 Å². The Hall–Kier alpha value is -1.70. The van der Waals surface area contributed by atoms with Crippen molar-refractivity contribution in [2.45, 2.75) is 25.9 Å². The van der Waals surface area contributed by atoms with Crippen LogP contribution in [0.3, 0.4) is 0 Å². The van der Waals surface area contributed by atoms with Crippen LogP contribution in [0.15, 0.2) is 42.7 Å². The summed E-state index contributed by atoms with van der Waals surface area (Å²) in [6.45, 7) is 2.11. The largest absolute Gasteiger partial charge is 0.279 e. The summed E-state index contributed by atoms with van der Waals surface area (Å²) in [6, 6.07) is 9.86. The zero-order valence-corrected chi connectivity index (χ0v) is 13.2. The molecule has 7 heteroatoms. The first-order chi connectivity index (χ1) is 10.6. The molecule has 0 radical (unpaired) electrons. The van der Waals surface area contributed by atoms with E-state index in [0.717, 1.165) is 12.0 Å². The minimum absolute atomic E-state index is 0.417. The minimum atomic E-state index is -3.41. The second kappa shape index (κ2) is 6.60. The van der Waals surface area contributed by atoms with Crippen molar-refractivity contribution >= 4 is 10.2 Å². The van der Waals surface area contributed by atoms with Crippen LogP contribution in [0.4, 0.5) is 0 Å². The molecule has 1 N–H and O–H groups in total. The van der Waals surface area contributed by atoms with E-state index in [2.05, 4.69) is 15.9 Å². The predicted octanol–water partition coefficient (Wildman–Crippen LogP) is 1.17. The molecule has 118 valence electrons. The molecule has 2 aromatic rings. The summed E-state index contributed by atoms with van der Waals surface area (Å²) in [5, 5.41) is 4.09. The number of benzene rings is 1. The SMILES string of the molecule is O=S(=O)(NCCCn1cccn1)N1CCc2ccccc2C1. The summed E-state index contributed by atoms with van der Waals surface area (Å²) >= 11 is 0. The first-order valence-corrected chi connectivity index (χ1v) is 8.88. The highest BCUT2D eigenvalue weighted by atomic mass is 32.2. The Bertz CT molecular complexity index is 713. The Morgan fingerprint density at radius 2 is 2.00 bits per heavy atom. The number of aromatic nitrogens is 2. The van der Waals surface area contributed by atoms with Gasteiger partial charge in [-0.15, -0.1) is 0 Å². The number of rotatable bonds is 6. The normalized spacial score (nSPS) is 15.6. The van der Waals surface area contributed by atoms with Gasteiger partial charge >= 0.3 is 0 Å². The van der Waals surface area contributed by atoms with Crippen molar-refractivity contribution in [3.8, 4) is 0 Å². The average molecular weight is 320 g/mol. The van der Waals surface area contributed by atoms with Gasteiger partial charge < -0.3 is 0 Å². The summed E-state index contributed by atoms with van der Waals surface area (Å²) in [7, 11) is -3.41. The van der Waals surface area contributed by atoms with E-state index in [1.807, 2.05) is 30.5 Å². The van der Waals surface area contributed by atoms with Crippen LogP contribution in [-0.4, -0.2) is 35.6 Å². The summed E-state index contributed by atoms with van der Waals surface area (Å²) in [5.41, 5.74) is 2.34. The van der Waals surface area contributed by atoms with Gasteiger partial charge in [-0.1, -0.05) is 24.3 Å². The molecule has 0 aliphatic carbocycles. The number of hydrogen-bond donors (Lipinski definition) is 1. The molecule has 0 spiro atoms. The van der Waals surface area contributed by atoms with E-state index in [9.17, 15) is 8.42 Å². The third-order valence-corrected chi connectivity index (χ3v) is 5.40. The van der Waals surface area contributed by atoms with E-state index in [1.165, 1.54) is 9.87 Å². The van der Waals surface area contributed by atoms with Crippen molar-refractivity contribution in [2.75, 3.05) is 13.1 Å². The van der Waals surface area contributed by atoms with Crippen LogP contribution in [0, 0.1) is 0 Å². The fraction of sp³-hybridized carbons (Fsp3) is 0.400. The van der Waals surface area contributed by atoms with Crippen molar-refractivity contribution in [2.24, 2.45) is 0 Å². The Kier molecular flexibility index (Phi) is 4.56. The summed E-state index contributed by atoms with van der Waals surface area (Å²) in [4.78, 5) is 0. The molecule has 0 saturated carbocycles. The van der Waals surface area contributed by atoms with Crippen LogP contribution in [0.25, 0.3) is 0 Å². The van der Waals surface area contributed by atoms with Gasteiger partial charge in [-0.05, 0) is 30.0 Å². The quantitative estimate of drug-likeness (QED) is 0.812. The van der Waals surface area contributed by atoms with Crippen molar-refractivity contribution in [3.63, 3.8) is 0 Å². The van der Waals surface area contributed by atoms with Crippen molar-refractivity contribution in [3.05, 3.63) is 53.9 Å². The maximum absolute atomic E-state index is 12.3. The molecule has 22 heavy (non-hydrogen) atoms. The standard InChI is InChI=1S/C15H20N4O2S/c20-22(21,17-9-4-11-18-10-3-8-16-18)19-12-7-14-5-1-2-6-15(14)13-19/h1-3,5-6,8,10,17H,4,7,9,11-13H2. The van der Waals surface area contributed by atoms with Gasteiger partial charge in [-0.3, -0.25) is 4.68 Å². The first-order valence-electron chi connectivity index (χ1n) is 7.44. The molecule has 1 aromatic heterocycles. The van der Waals surface area contributed by atoms with Crippen molar-refractivity contribution in [1.29, 1.82) is 0 Å². The Morgan fingerprint density at radius 1 is 1.18 bits per heavy atom. The van der Waals surface area contributed by atoms with Gasteiger partial charge in [0.05, 0.1) is 0 Å². The minimum Gasteiger partial charge on any atom is -0.273 e. The highest BCUT2D eigenvalue weighted by molar-refractivity contribution is 7.87. The summed E-state index contributed by atoms with van der Waals surface area (Å²) in [6.07, 6.45) is 5.07. The van der Waals surface area contributed by atoms with Crippen molar-refractivity contribution in [1.82, 2.24) is 18.8 Å². The monoisotopic (exact) mass is 320 g/mol. The van der Waals surface area contributed by atoms with Gasteiger partial charge in [0.2, 0.25) is 0 Å². The highest BCUT2D eigenvalue weighted by Gasteiger charge is 2.25. The lowest BCUT2D eigenvalue weighted by Gasteiger charge is -2.28. The van der Waals surface area contributed by atoms with Crippen LogP contribution in [-0.2, 0) is 29.7 Å². The lowest BCUT2D eigenvalue weighted by molar-refractivity contribution is 0.383. The lowest BCUT2D eigenvalue weighted by Crippen LogP contribution is -2.43. The first kappa shape index (κ1) is 15.2. The van der Waals surface area contributed by atoms with E-state index < -0.39 is 10.2 Å². The molecule has 0 atom stereocenters. The second-order valence-corrected chi connectivity index (χ2v) is 7.13. The molecule has 0 saturated heterocycles. The molecule has 2 heterocycles. The second-order valence-electron chi connectivity index (χ2n) is 5.37. The Balaban J connectivity index is 1.53. The maximum Gasteiger partial charge on any atom is 0.279 e. The van der Waals surface area contributed by atoms with E-state index in [1.54, 1.807) is 10.9 Å². The van der Waals surface area contributed by atoms with Crippen LogP contribution >= 0.6 is 0 Å². The van der Waals surface area contributed by atoms with Crippen LogP contribution < -0.4 is 4.72 Å². The van der Waals surface area contributed by atoms with Gasteiger partial charge in [0.1, 0.15) is 0 Å². The molecular weight excluding hydrogens is 300 g/mol. The molecule has 6 nitrogen and oxygen atoms in total. The van der Waals surface area contributed by atoms with Gasteiger partial charge in [0, 0.05) is 38.6 Å². The fourth-order valence-electron chi connectivity index (χ4n) is 2.64. The zero-order valence-electron chi connectivity index (χ0n) is 12.4. The number of nitrogens with one attached hydrogen (secondary N) is 1. The smallest absolute Gasteiger partial charge is 0.273 e. The molecule has 0 unspecified atom stereocenters. The summed E-state index contributed by atoms with van der Waals surface area (Å²) in [5.74, 6) is 0. The topological polar surface area (TPSA) is 67.2 Å². The van der Waals surface area contributed by atoms with Gasteiger partial charge in [-0.25, -0.2) is 4.72 Å². The lowest BCUT2D eigenvalue weighted by atomic mass is 10.0. The predicted molar refractivity (Wildman–Crippen MR) is 84.3 cm³/mol. The molecule has 0 bridgehead atoms. The number of hydrogen-bond acceptors (Lipinski definition) is 3. The Labute approximate surface area is 130 Å². The number of aryl methyl sites for hydroxylation is 1. The fourth-order valence-corrected chi connectivity index (χ4v) is 3.87. The highest BCUT2D eigenvalue weighted by Crippen LogP contribution is 2.20. The summed E-state index contributed by atoms with van der Waals surface area (Å²) < 4.78 is 30.7. The van der Waals surface area contributed by atoms with Gasteiger partial charge in [0.25, 0.3) is 10.2 Å². The number of nitrogens with zero attached hydrogens (tertiary/aromatic N) is 3. The van der Waals surface area contributed by atoms with Crippen molar-refractivity contribution < 1.29 is 8.42 Å². The molecule has 1 aromatic carbocycles. The van der Waals surface area contributed by atoms with Gasteiger partial charge in [-0.2, -0.15) is 17.8 Å². The van der Waals surface area contributed by atoms with Crippen LogP contribution in [0.2, 0.25) is 0 Å². The van der Waals surface area contributed by atoms with E-state index in [-0.39, 0.29) is 0 Å². The zero-order chi connectivity index (χ0) is 15.4. The molecular formula is C15H20N4O2S. The third kappa shape index (κ3) is 3.55. The molecule has 1 aliphatic heterocycles. The van der Waals surface area contributed by atoms with E-state index in [4.69, 9.17) is 0 Å². The van der Waals surface area contributed by atoms with Gasteiger partial charge in [0.15, 0.2) is 0 Å². The van der Waals surface area contributed by atoms with E-state index >= 15 is 0 Å². The molecule has 1 aliphatic rings. The van der Waals surface area contributed by atoms with Crippen LogP contribution in [0.1, 0.15) is 17.5 Å². The molecule has 0 fully saturated rings. The maximum atomic E-state index is 12.3. The average Bonchev–Trinajstić information content (AvgIpc) is 3.04. The van der Waals surface area contributed by atoms with Crippen LogP contribution in [0.5, 0.6) is 0 Å². The molecule has 3 rings (SSSR count). The number of fused-ring (bicyclic) bond motifs is 1. The molecule has 0 amide bonds. The Morgan fingerprint density at radius 3 is 2.77 bits per heavy atom. The third-order valence-electron chi connectivity index (χ3n) is 3.84.